The lowest BCUT2D eigenvalue weighted by molar-refractivity contribution is -0.134. The fourth-order valence-electron chi connectivity index (χ4n) is 5.41. The van der Waals surface area contributed by atoms with E-state index in [2.05, 4.69) is 10.0 Å². The minimum absolute atomic E-state index is 0.0297. The van der Waals surface area contributed by atoms with Crippen molar-refractivity contribution in [2.45, 2.75) is 75.5 Å². The molecule has 3 N–H and O–H groups in total. The molecule has 0 bridgehead atoms. The molecule has 224 valence electrons. The van der Waals surface area contributed by atoms with Crippen LogP contribution in [0.1, 0.15) is 51.5 Å². The molecule has 0 radical (unpaired) electrons. The first-order chi connectivity index (χ1) is 19.6. The van der Waals surface area contributed by atoms with Crippen molar-refractivity contribution in [3.05, 3.63) is 54.1 Å². The number of amides is 3. The van der Waals surface area contributed by atoms with Gasteiger partial charge < -0.3 is 25.0 Å². The van der Waals surface area contributed by atoms with Gasteiger partial charge in [-0.3, -0.25) is 9.52 Å². The Morgan fingerprint density at radius 3 is 2.54 bits per heavy atom. The molecule has 4 rings (SSSR count). The summed E-state index contributed by atoms with van der Waals surface area (Å²) in [4.78, 5) is 29.9. The highest BCUT2D eigenvalue weighted by molar-refractivity contribution is 7.92. The Bertz CT molecular complexity index is 1300. The van der Waals surface area contributed by atoms with Crippen molar-refractivity contribution in [1.82, 2.24) is 15.1 Å². The van der Waals surface area contributed by atoms with Gasteiger partial charge in [0.15, 0.2) is 0 Å². The van der Waals surface area contributed by atoms with Crippen LogP contribution >= 0.6 is 0 Å². The van der Waals surface area contributed by atoms with Crippen molar-refractivity contribution in [1.29, 1.82) is 0 Å². The molecule has 2 aromatic carbocycles. The minimum atomic E-state index is -3.83. The van der Waals surface area contributed by atoms with Crippen molar-refractivity contribution in [3.63, 3.8) is 0 Å². The number of aliphatic hydroxyl groups is 1. The van der Waals surface area contributed by atoms with Crippen molar-refractivity contribution in [3.8, 4) is 5.75 Å². The topological polar surface area (TPSA) is 128 Å². The van der Waals surface area contributed by atoms with E-state index in [0.717, 1.165) is 25.7 Å². The fourth-order valence-corrected chi connectivity index (χ4v) is 6.48. The van der Waals surface area contributed by atoms with Crippen LogP contribution in [-0.4, -0.2) is 80.2 Å². The van der Waals surface area contributed by atoms with E-state index in [0.29, 0.717) is 23.5 Å². The summed E-state index contributed by atoms with van der Waals surface area (Å²) in [6.07, 6.45) is 4.91. The number of sulfonamides is 1. The monoisotopic (exact) mass is 586 g/mol. The Morgan fingerprint density at radius 2 is 1.85 bits per heavy atom. The summed E-state index contributed by atoms with van der Waals surface area (Å²) in [5, 5.41) is 13.0. The molecule has 0 aromatic heterocycles. The van der Waals surface area contributed by atoms with Gasteiger partial charge in [-0.2, -0.15) is 0 Å². The van der Waals surface area contributed by atoms with Gasteiger partial charge in [0.1, 0.15) is 11.9 Å². The minimum Gasteiger partial charge on any atom is -0.488 e. The molecule has 1 heterocycles. The maximum atomic E-state index is 13.5. The van der Waals surface area contributed by atoms with Crippen molar-refractivity contribution < 1.29 is 27.9 Å². The lowest BCUT2D eigenvalue weighted by atomic mass is 9.96. The maximum Gasteiger partial charge on any atom is 0.317 e. The third kappa shape index (κ3) is 7.91. The summed E-state index contributed by atoms with van der Waals surface area (Å²) in [6, 6.07) is 12.5. The lowest BCUT2D eigenvalue weighted by Gasteiger charge is -2.34. The predicted molar refractivity (Wildman–Crippen MR) is 157 cm³/mol. The zero-order chi connectivity index (χ0) is 29.6. The largest absolute Gasteiger partial charge is 0.488 e. The average Bonchev–Trinajstić information content (AvgIpc) is 3.01. The second kappa shape index (κ2) is 13.6. The molecule has 1 aliphatic carbocycles. The molecule has 2 aliphatic rings. The summed E-state index contributed by atoms with van der Waals surface area (Å²) in [5.74, 6) is 0.0907. The molecule has 10 nitrogen and oxygen atoms in total. The second-order valence-corrected chi connectivity index (χ2v) is 13.0. The van der Waals surface area contributed by atoms with Gasteiger partial charge in [-0.15, -0.1) is 0 Å². The Labute approximate surface area is 243 Å². The van der Waals surface area contributed by atoms with Gasteiger partial charge in [-0.05, 0) is 50.1 Å². The molecule has 11 heteroatoms. The van der Waals surface area contributed by atoms with Gasteiger partial charge in [0.25, 0.3) is 10.0 Å². The molecule has 0 unspecified atom stereocenters. The number of nitrogens with one attached hydrogen (secondary N) is 2. The molecule has 3 atom stereocenters. The molecule has 41 heavy (non-hydrogen) atoms. The van der Waals surface area contributed by atoms with Crippen LogP contribution in [-0.2, 0) is 21.2 Å². The van der Waals surface area contributed by atoms with Crippen LogP contribution in [0.5, 0.6) is 5.75 Å². The van der Waals surface area contributed by atoms with E-state index in [4.69, 9.17) is 4.74 Å². The van der Waals surface area contributed by atoms with Crippen molar-refractivity contribution in [2.24, 2.45) is 5.92 Å². The number of carbonyl (C=O) groups is 2. The highest BCUT2D eigenvalue weighted by Gasteiger charge is 2.32. The van der Waals surface area contributed by atoms with Crippen molar-refractivity contribution >= 4 is 27.6 Å². The van der Waals surface area contributed by atoms with Gasteiger partial charge >= 0.3 is 6.03 Å². The predicted octanol–water partition coefficient (Wildman–Crippen LogP) is 3.61. The number of urea groups is 1. The van der Waals surface area contributed by atoms with E-state index in [1.807, 2.05) is 6.92 Å². The number of carbonyl (C=O) groups excluding carboxylic acids is 2. The summed E-state index contributed by atoms with van der Waals surface area (Å²) in [7, 11) is -2.09. The molecule has 2 aromatic rings. The van der Waals surface area contributed by atoms with Gasteiger partial charge in [0.2, 0.25) is 5.91 Å². The van der Waals surface area contributed by atoms with Gasteiger partial charge in [-0.25, -0.2) is 13.2 Å². The van der Waals surface area contributed by atoms with E-state index >= 15 is 0 Å². The molecule has 0 spiro atoms. The zero-order valence-corrected chi connectivity index (χ0v) is 24.9. The standard InChI is InChI=1S/C30H42N4O6S/c1-21-18-34(22(2)20-35)29(36)17-23-16-25(32-41(38,39)26-12-8-5-9-13-26)14-15-27(23)40-28(21)19-33(3)30(37)31-24-10-6-4-7-11-24/h5,8-9,12-16,21-22,24,28,32,35H,4,6-7,10-11,17-20H2,1-3H3,(H,31,37)/t21-,22-,28+/m0/s1. The number of rotatable bonds is 8. The van der Waals surface area contributed by atoms with Crippen LogP contribution in [0.2, 0.25) is 0 Å². The Hall–Kier alpha value is -3.31. The Balaban J connectivity index is 1.59. The number of benzene rings is 2. The first-order valence-electron chi connectivity index (χ1n) is 14.4. The summed E-state index contributed by atoms with van der Waals surface area (Å²) in [5.41, 5.74) is 0.824. The number of nitrogens with zero attached hydrogens (tertiary/aromatic N) is 2. The van der Waals surface area contributed by atoms with Crippen LogP contribution in [0.15, 0.2) is 53.4 Å². The highest BCUT2D eigenvalue weighted by Crippen LogP contribution is 2.30. The molecule has 0 saturated heterocycles. The van der Waals surface area contributed by atoms with E-state index in [-0.39, 0.29) is 48.4 Å². The average molecular weight is 587 g/mol. The highest BCUT2D eigenvalue weighted by atomic mass is 32.2. The number of fused-ring (bicyclic) bond motifs is 1. The maximum absolute atomic E-state index is 13.5. The van der Waals surface area contributed by atoms with Crippen LogP contribution in [0.4, 0.5) is 10.5 Å². The first-order valence-corrected chi connectivity index (χ1v) is 15.8. The number of hydrogen-bond donors (Lipinski definition) is 3. The lowest BCUT2D eigenvalue weighted by Crippen LogP contribution is -2.50. The van der Waals surface area contributed by atoms with Gasteiger partial charge in [0.05, 0.1) is 30.5 Å². The number of ether oxygens (including phenoxy) is 1. The molecule has 1 fully saturated rings. The molecule has 1 saturated carbocycles. The normalized spacial score (nSPS) is 21.0. The smallest absolute Gasteiger partial charge is 0.317 e. The summed E-state index contributed by atoms with van der Waals surface area (Å²) in [6.45, 7) is 4.18. The molecule has 3 amide bonds. The van der Waals surface area contributed by atoms with E-state index in [1.54, 1.807) is 60.2 Å². The van der Waals surface area contributed by atoms with E-state index in [9.17, 15) is 23.1 Å². The molecular weight excluding hydrogens is 544 g/mol. The van der Waals surface area contributed by atoms with Gasteiger partial charge in [-0.1, -0.05) is 44.4 Å². The Kier molecular flexibility index (Phi) is 10.1. The van der Waals surface area contributed by atoms with E-state index < -0.39 is 22.2 Å². The molecule has 1 aliphatic heterocycles. The number of likely N-dealkylation sites (N-methyl/N-ethyl adjacent to an activating group) is 1. The van der Waals surface area contributed by atoms with E-state index in [1.165, 1.54) is 18.6 Å². The zero-order valence-electron chi connectivity index (χ0n) is 24.1. The number of anilines is 1. The second-order valence-electron chi connectivity index (χ2n) is 11.3. The van der Waals surface area contributed by atoms with Crippen LogP contribution in [0.3, 0.4) is 0 Å². The third-order valence-corrected chi connectivity index (χ3v) is 9.35. The van der Waals surface area contributed by atoms with Gasteiger partial charge in [0, 0.05) is 36.8 Å². The Morgan fingerprint density at radius 1 is 1.15 bits per heavy atom. The molecular formula is C30H42N4O6S. The summed E-state index contributed by atoms with van der Waals surface area (Å²) < 4.78 is 34.9. The quantitative estimate of drug-likeness (QED) is 0.434. The van der Waals surface area contributed by atoms with Crippen LogP contribution in [0, 0.1) is 5.92 Å². The third-order valence-electron chi connectivity index (χ3n) is 7.96. The SMILES string of the molecule is C[C@H]1CN([C@@H](C)CO)C(=O)Cc2cc(NS(=O)(=O)c3ccccc3)ccc2O[C@@H]1CN(C)C(=O)NC1CCCCC1. The number of aliphatic hydroxyl groups excluding tert-OH is 1. The van der Waals surface area contributed by atoms with Crippen molar-refractivity contribution in [2.75, 3.05) is 31.5 Å². The summed E-state index contributed by atoms with van der Waals surface area (Å²) >= 11 is 0. The first kappa shape index (κ1) is 30.6. The number of hydrogen-bond acceptors (Lipinski definition) is 6. The fraction of sp³-hybridized carbons (Fsp3) is 0.533. The van der Waals surface area contributed by atoms with Crippen LogP contribution in [0.25, 0.3) is 0 Å². The van der Waals surface area contributed by atoms with Crippen LogP contribution < -0.4 is 14.8 Å².